The van der Waals surface area contributed by atoms with Crippen LogP contribution in [0.25, 0.3) is 0 Å². The van der Waals surface area contributed by atoms with E-state index in [1.807, 2.05) is 6.07 Å². The van der Waals surface area contributed by atoms with Crippen molar-refractivity contribution >= 4 is 22.9 Å². The van der Waals surface area contributed by atoms with E-state index in [2.05, 4.69) is 12.3 Å². The Morgan fingerprint density at radius 1 is 1.71 bits per heavy atom. The standard InChI is InChI=1S/C10H14ClNOS/c1-9(4-10(9,5-12)6-13)7-2-8(11)14-3-7/h2-3,13H,4-6,12H2,1H3. The summed E-state index contributed by atoms with van der Waals surface area (Å²) in [5.74, 6) is 0. The van der Waals surface area contributed by atoms with E-state index in [1.54, 1.807) is 0 Å². The molecule has 14 heavy (non-hydrogen) atoms. The van der Waals surface area contributed by atoms with E-state index < -0.39 is 0 Å². The number of aliphatic hydroxyl groups is 1. The van der Waals surface area contributed by atoms with Crippen LogP contribution in [0.2, 0.25) is 4.34 Å². The van der Waals surface area contributed by atoms with Crippen LogP contribution < -0.4 is 5.73 Å². The third kappa shape index (κ3) is 1.23. The zero-order valence-electron chi connectivity index (χ0n) is 8.09. The Morgan fingerprint density at radius 3 is 2.79 bits per heavy atom. The maximum Gasteiger partial charge on any atom is 0.0931 e. The quantitative estimate of drug-likeness (QED) is 0.836. The Hall–Kier alpha value is -0.0900. The summed E-state index contributed by atoms with van der Waals surface area (Å²) in [6.45, 7) is 2.84. The lowest BCUT2D eigenvalue weighted by atomic mass is 9.90. The van der Waals surface area contributed by atoms with Crippen LogP contribution in [0.15, 0.2) is 11.4 Å². The van der Waals surface area contributed by atoms with Gasteiger partial charge in [-0.3, -0.25) is 0 Å². The smallest absolute Gasteiger partial charge is 0.0931 e. The Kier molecular flexibility index (Phi) is 2.39. The van der Waals surface area contributed by atoms with E-state index in [-0.39, 0.29) is 17.4 Å². The van der Waals surface area contributed by atoms with Crippen molar-refractivity contribution in [1.29, 1.82) is 0 Å². The predicted molar refractivity (Wildman–Crippen MR) is 59.9 cm³/mol. The zero-order valence-corrected chi connectivity index (χ0v) is 9.66. The first kappa shape index (κ1) is 10.4. The van der Waals surface area contributed by atoms with Crippen LogP contribution in [-0.2, 0) is 5.41 Å². The minimum Gasteiger partial charge on any atom is -0.396 e. The van der Waals surface area contributed by atoms with Gasteiger partial charge in [-0.1, -0.05) is 18.5 Å². The van der Waals surface area contributed by atoms with Crippen LogP contribution in [0.4, 0.5) is 0 Å². The molecule has 1 aliphatic rings. The first-order chi connectivity index (χ1) is 6.58. The molecular weight excluding hydrogens is 218 g/mol. The molecule has 2 rings (SSSR count). The first-order valence-corrected chi connectivity index (χ1v) is 5.89. The molecule has 1 fully saturated rings. The van der Waals surface area contributed by atoms with Crippen LogP contribution in [0, 0.1) is 5.41 Å². The molecule has 1 heterocycles. The molecule has 0 radical (unpaired) electrons. The topological polar surface area (TPSA) is 46.2 Å². The Labute approximate surface area is 92.7 Å². The van der Waals surface area contributed by atoms with Gasteiger partial charge < -0.3 is 10.8 Å². The van der Waals surface area contributed by atoms with Crippen LogP contribution in [-0.4, -0.2) is 18.3 Å². The molecule has 2 atom stereocenters. The van der Waals surface area contributed by atoms with Crippen molar-refractivity contribution in [2.24, 2.45) is 11.1 Å². The van der Waals surface area contributed by atoms with Gasteiger partial charge in [-0.05, 0) is 23.4 Å². The summed E-state index contributed by atoms with van der Waals surface area (Å²) >= 11 is 7.43. The van der Waals surface area contributed by atoms with E-state index in [9.17, 15) is 5.11 Å². The molecule has 3 N–H and O–H groups in total. The lowest BCUT2D eigenvalue weighted by Crippen LogP contribution is -2.27. The molecule has 0 spiro atoms. The van der Waals surface area contributed by atoms with Gasteiger partial charge in [0.05, 0.1) is 10.9 Å². The average Bonchev–Trinajstić information content (AvgIpc) is 2.54. The van der Waals surface area contributed by atoms with Crippen molar-refractivity contribution in [2.75, 3.05) is 13.2 Å². The molecule has 0 aliphatic heterocycles. The summed E-state index contributed by atoms with van der Waals surface area (Å²) in [5.41, 5.74) is 6.84. The maximum atomic E-state index is 9.35. The average molecular weight is 232 g/mol. The molecule has 0 aromatic carbocycles. The minimum atomic E-state index is -0.114. The van der Waals surface area contributed by atoms with Gasteiger partial charge in [-0.15, -0.1) is 11.3 Å². The Morgan fingerprint density at radius 2 is 2.43 bits per heavy atom. The summed E-state index contributed by atoms with van der Waals surface area (Å²) in [6.07, 6.45) is 0.958. The fourth-order valence-corrected chi connectivity index (χ4v) is 3.25. The number of hydrogen-bond donors (Lipinski definition) is 2. The van der Waals surface area contributed by atoms with E-state index in [4.69, 9.17) is 17.3 Å². The van der Waals surface area contributed by atoms with Crippen molar-refractivity contribution in [3.63, 3.8) is 0 Å². The van der Waals surface area contributed by atoms with E-state index in [1.165, 1.54) is 16.9 Å². The molecule has 78 valence electrons. The van der Waals surface area contributed by atoms with E-state index in [0.29, 0.717) is 6.54 Å². The van der Waals surface area contributed by atoms with Gasteiger partial charge in [0.2, 0.25) is 0 Å². The number of aliphatic hydroxyl groups excluding tert-OH is 1. The molecule has 1 aromatic rings. The molecule has 0 amide bonds. The Balaban J connectivity index is 2.29. The summed E-state index contributed by atoms with van der Waals surface area (Å²) in [7, 11) is 0. The second kappa shape index (κ2) is 3.20. The van der Waals surface area contributed by atoms with Crippen LogP contribution >= 0.6 is 22.9 Å². The molecule has 1 saturated carbocycles. The molecule has 2 unspecified atom stereocenters. The molecule has 0 saturated heterocycles. The second-order valence-corrected chi connectivity index (χ2v) is 5.83. The van der Waals surface area contributed by atoms with Crippen LogP contribution in [0.1, 0.15) is 18.9 Å². The minimum absolute atomic E-state index is 0.0279. The van der Waals surface area contributed by atoms with Gasteiger partial charge in [0.1, 0.15) is 0 Å². The van der Waals surface area contributed by atoms with Gasteiger partial charge in [-0.25, -0.2) is 0 Å². The molecule has 0 bridgehead atoms. The zero-order chi connectivity index (χ0) is 10.4. The number of hydrogen-bond acceptors (Lipinski definition) is 3. The van der Waals surface area contributed by atoms with Gasteiger partial charge in [0.15, 0.2) is 0 Å². The molecule has 4 heteroatoms. The molecule has 2 nitrogen and oxygen atoms in total. The first-order valence-electron chi connectivity index (χ1n) is 4.63. The normalized spacial score (nSPS) is 36.0. The Bertz CT molecular complexity index is 348. The largest absolute Gasteiger partial charge is 0.396 e. The highest BCUT2D eigenvalue weighted by Gasteiger charge is 2.63. The number of thiophene rings is 1. The highest BCUT2D eigenvalue weighted by Crippen LogP contribution is 2.64. The summed E-state index contributed by atoms with van der Waals surface area (Å²) in [4.78, 5) is 0. The molecule has 1 aromatic heterocycles. The predicted octanol–water partition coefficient (Wildman–Crippen LogP) is 2.00. The van der Waals surface area contributed by atoms with Gasteiger partial charge in [0.25, 0.3) is 0 Å². The maximum absolute atomic E-state index is 9.35. The van der Waals surface area contributed by atoms with Crippen molar-refractivity contribution in [3.05, 3.63) is 21.3 Å². The van der Waals surface area contributed by atoms with Gasteiger partial charge in [-0.2, -0.15) is 0 Å². The van der Waals surface area contributed by atoms with Gasteiger partial charge in [0, 0.05) is 17.4 Å². The highest BCUT2D eigenvalue weighted by atomic mass is 35.5. The van der Waals surface area contributed by atoms with E-state index in [0.717, 1.165) is 10.8 Å². The second-order valence-electron chi connectivity index (χ2n) is 4.29. The van der Waals surface area contributed by atoms with Crippen molar-refractivity contribution < 1.29 is 5.11 Å². The summed E-state index contributed by atoms with van der Waals surface area (Å²) in [6, 6.07) is 1.99. The highest BCUT2D eigenvalue weighted by molar-refractivity contribution is 7.14. The molecule has 1 aliphatic carbocycles. The summed E-state index contributed by atoms with van der Waals surface area (Å²) in [5, 5.41) is 11.4. The van der Waals surface area contributed by atoms with Crippen molar-refractivity contribution in [2.45, 2.75) is 18.8 Å². The van der Waals surface area contributed by atoms with Gasteiger partial charge >= 0.3 is 0 Å². The number of halogens is 1. The SMILES string of the molecule is CC1(c2csc(Cl)c2)CC1(CN)CO. The van der Waals surface area contributed by atoms with Crippen molar-refractivity contribution in [3.8, 4) is 0 Å². The van der Waals surface area contributed by atoms with Crippen LogP contribution in [0.3, 0.4) is 0 Å². The number of nitrogens with two attached hydrogens (primary N) is 1. The third-order valence-corrected chi connectivity index (χ3v) is 4.73. The monoisotopic (exact) mass is 231 g/mol. The number of rotatable bonds is 3. The lowest BCUT2D eigenvalue weighted by Gasteiger charge is -2.18. The van der Waals surface area contributed by atoms with Crippen molar-refractivity contribution in [1.82, 2.24) is 0 Å². The van der Waals surface area contributed by atoms with E-state index >= 15 is 0 Å². The summed E-state index contributed by atoms with van der Waals surface area (Å²) < 4.78 is 0.803. The third-order valence-electron chi connectivity index (χ3n) is 3.64. The fourth-order valence-electron chi connectivity index (χ4n) is 2.23. The fraction of sp³-hybridized carbons (Fsp3) is 0.600. The lowest BCUT2D eigenvalue weighted by molar-refractivity contribution is 0.198. The van der Waals surface area contributed by atoms with Crippen LogP contribution in [0.5, 0.6) is 0 Å². The molecular formula is C10H14ClNOS.